The molecule has 2 fully saturated rings. The largest absolute Gasteiger partial charge is 0.376 e. The average Bonchev–Trinajstić information content (AvgIpc) is 2.23. The van der Waals surface area contributed by atoms with Crippen LogP contribution in [-0.2, 0) is 4.74 Å². The van der Waals surface area contributed by atoms with Gasteiger partial charge in [-0.2, -0.15) is 0 Å². The fourth-order valence-corrected chi connectivity index (χ4v) is 2.31. The first-order valence-electron chi connectivity index (χ1n) is 4.69. The average molecular weight is 184 g/mol. The summed E-state index contributed by atoms with van der Waals surface area (Å²) in [5.41, 5.74) is -0.0139. The maximum Gasteiger partial charge on any atom is 0.320 e. The van der Waals surface area contributed by atoms with Crippen molar-refractivity contribution in [1.29, 1.82) is 0 Å². The SMILES string of the molecule is CC(C)N1C(=O)N(C)CC12COC2. The van der Waals surface area contributed by atoms with E-state index in [-0.39, 0.29) is 17.6 Å². The van der Waals surface area contributed by atoms with Gasteiger partial charge in [0.2, 0.25) is 0 Å². The lowest BCUT2D eigenvalue weighted by Crippen LogP contribution is -2.63. The number of amides is 2. The van der Waals surface area contributed by atoms with Crippen LogP contribution in [0.2, 0.25) is 0 Å². The molecule has 0 aromatic heterocycles. The lowest BCUT2D eigenvalue weighted by Gasteiger charge is -2.45. The molecule has 74 valence electrons. The van der Waals surface area contributed by atoms with Crippen LogP contribution in [0.3, 0.4) is 0 Å². The molecule has 2 rings (SSSR count). The van der Waals surface area contributed by atoms with Crippen molar-refractivity contribution in [3.63, 3.8) is 0 Å². The highest BCUT2D eigenvalue weighted by Gasteiger charge is 2.54. The van der Waals surface area contributed by atoms with Gasteiger partial charge >= 0.3 is 6.03 Å². The molecular weight excluding hydrogens is 168 g/mol. The molecule has 2 amide bonds. The molecule has 1 spiro atoms. The molecule has 2 heterocycles. The van der Waals surface area contributed by atoms with Gasteiger partial charge in [0, 0.05) is 19.6 Å². The lowest BCUT2D eigenvalue weighted by atomic mass is 9.95. The summed E-state index contributed by atoms with van der Waals surface area (Å²) in [6.07, 6.45) is 0. The molecule has 2 saturated heterocycles. The number of hydrogen-bond donors (Lipinski definition) is 0. The van der Waals surface area contributed by atoms with Crippen LogP contribution in [0, 0.1) is 0 Å². The molecule has 0 aromatic carbocycles. The van der Waals surface area contributed by atoms with E-state index in [0.717, 1.165) is 6.54 Å². The topological polar surface area (TPSA) is 32.8 Å². The van der Waals surface area contributed by atoms with Crippen molar-refractivity contribution in [3.05, 3.63) is 0 Å². The predicted octanol–water partition coefficient (Wildman–Crippen LogP) is 0.531. The van der Waals surface area contributed by atoms with Gasteiger partial charge < -0.3 is 14.5 Å². The van der Waals surface area contributed by atoms with E-state index in [1.165, 1.54) is 0 Å². The number of hydrogen-bond acceptors (Lipinski definition) is 2. The monoisotopic (exact) mass is 184 g/mol. The molecule has 0 aliphatic carbocycles. The third-order valence-corrected chi connectivity index (χ3v) is 2.83. The Morgan fingerprint density at radius 3 is 2.38 bits per heavy atom. The zero-order valence-corrected chi connectivity index (χ0v) is 8.41. The first-order chi connectivity index (χ1) is 6.07. The smallest absolute Gasteiger partial charge is 0.320 e. The quantitative estimate of drug-likeness (QED) is 0.595. The minimum atomic E-state index is -0.0139. The van der Waals surface area contributed by atoms with Gasteiger partial charge in [0.15, 0.2) is 0 Å². The molecule has 0 saturated carbocycles. The van der Waals surface area contributed by atoms with Crippen molar-refractivity contribution in [2.24, 2.45) is 0 Å². The van der Waals surface area contributed by atoms with E-state index >= 15 is 0 Å². The molecule has 0 bridgehead atoms. The number of likely N-dealkylation sites (N-methyl/N-ethyl adjacent to an activating group) is 1. The van der Waals surface area contributed by atoms with E-state index in [4.69, 9.17) is 4.74 Å². The van der Waals surface area contributed by atoms with E-state index in [0.29, 0.717) is 13.2 Å². The van der Waals surface area contributed by atoms with E-state index < -0.39 is 0 Å². The molecule has 4 heteroatoms. The Labute approximate surface area is 78.4 Å². The number of nitrogens with zero attached hydrogens (tertiary/aromatic N) is 2. The van der Waals surface area contributed by atoms with Gasteiger partial charge in [-0.1, -0.05) is 0 Å². The highest BCUT2D eigenvalue weighted by atomic mass is 16.5. The Kier molecular flexibility index (Phi) is 1.77. The third-order valence-electron chi connectivity index (χ3n) is 2.83. The molecular formula is C9H16N2O2. The van der Waals surface area contributed by atoms with E-state index in [1.54, 1.807) is 4.90 Å². The Bertz CT molecular complexity index is 236. The minimum absolute atomic E-state index is 0.0139. The van der Waals surface area contributed by atoms with Gasteiger partial charge in [0.05, 0.1) is 13.2 Å². The highest BCUT2D eigenvalue weighted by molar-refractivity contribution is 5.78. The van der Waals surface area contributed by atoms with Crippen molar-refractivity contribution in [3.8, 4) is 0 Å². The molecule has 13 heavy (non-hydrogen) atoms. The van der Waals surface area contributed by atoms with Gasteiger partial charge in [-0.05, 0) is 13.8 Å². The number of carbonyl (C=O) groups is 1. The summed E-state index contributed by atoms with van der Waals surface area (Å²) in [5.74, 6) is 0. The standard InChI is InChI=1S/C9H16N2O2/c1-7(2)11-8(12)10(3)4-9(11)5-13-6-9/h7H,4-6H2,1-3H3. The Hall–Kier alpha value is -0.770. The molecule has 2 aliphatic rings. The second kappa shape index (κ2) is 2.61. The van der Waals surface area contributed by atoms with Crippen LogP contribution < -0.4 is 0 Å². The maximum atomic E-state index is 11.8. The third kappa shape index (κ3) is 1.05. The van der Waals surface area contributed by atoms with Crippen molar-refractivity contribution >= 4 is 6.03 Å². The zero-order valence-electron chi connectivity index (χ0n) is 8.41. The van der Waals surface area contributed by atoms with Crippen LogP contribution >= 0.6 is 0 Å². The molecule has 4 nitrogen and oxygen atoms in total. The summed E-state index contributed by atoms with van der Waals surface area (Å²) >= 11 is 0. The molecule has 0 unspecified atom stereocenters. The van der Waals surface area contributed by atoms with Crippen molar-refractivity contribution in [1.82, 2.24) is 9.80 Å². The first-order valence-corrected chi connectivity index (χ1v) is 4.69. The van der Waals surface area contributed by atoms with E-state index in [1.807, 2.05) is 11.9 Å². The number of rotatable bonds is 1. The highest BCUT2D eigenvalue weighted by Crippen LogP contribution is 2.34. The van der Waals surface area contributed by atoms with Gasteiger partial charge in [-0.15, -0.1) is 0 Å². The van der Waals surface area contributed by atoms with Crippen molar-refractivity contribution in [2.75, 3.05) is 26.8 Å². The number of ether oxygens (including phenoxy) is 1. The van der Waals surface area contributed by atoms with Gasteiger partial charge in [0.1, 0.15) is 5.54 Å². The number of carbonyl (C=O) groups excluding carboxylic acids is 1. The summed E-state index contributed by atoms with van der Waals surface area (Å²) < 4.78 is 5.22. The predicted molar refractivity (Wildman–Crippen MR) is 48.6 cm³/mol. The van der Waals surface area contributed by atoms with Crippen molar-refractivity contribution < 1.29 is 9.53 Å². The second-order valence-electron chi connectivity index (χ2n) is 4.32. The van der Waals surface area contributed by atoms with E-state index in [2.05, 4.69) is 13.8 Å². The molecule has 2 aliphatic heterocycles. The first kappa shape index (κ1) is 8.81. The van der Waals surface area contributed by atoms with Crippen LogP contribution in [0.15, 0.2) is 0 Å². The molecule has 0 atom stereocenters. The van der Waals surface area contributed by atoms with E-state index in [9.17, 15) is 4.79 Å². The van der Waals surface area contributed by atoms with Crippen LogP contribution in [-0.4, -0.2) is 54.2 Å². The Balaban J connectivity index is 2.24. The van der Waals surface area contributed by atoms with Gasteiger partial charge in [0.25, 0.3) is 0 Å². The fraction of sp³-hybridized carbons (Fsp3) is 0.889. The van der Waals surface area contributed by atoms with Crippen LogP contribution in [0.5, 0.6) is 0 Å². The summed E-state index contributed by atoms with van der Waals surface area (Å²) in [5, 5.41) is 0. The molecule has 0 radical (unpaired) electrons. The Morgan fingerprint density at radius 2 is 2.08 bits per heavy atom. The normalized spacial score (nSPS) is 26.0. The molecule has 0 N–H and O–H groups in total. The number of urea groups is 1. The van der Waals surface area contributed by atoms with Crippen molar-refractivity contribution in [2.45, 2.75) is 25.4 Å². The summed E-state index contributed by atoms with van der Waals surface area (Å²) in [4.78, 5) is 15.5. The fourth-order valence-electron chi connectivity index (χ4n) is 2.31. The summed E-state index contributed by atoms with van der Waals surface area (Å²) in [6, 6.07) is 0.402. The van der Waals surface area contributed by atoms with Crippen LogP contribution in [0.4, 0.5) is 4.79 Å². The summed E-state index contributed by atoms with van der Waals surface area (Å²) in [6.45, 7) is 6.31. The summed E-state index contributed by atoms with van der Waals surface area (Å²) in [7, 11) is 1.85. The maximum absolute atomic E-state index is 11.8. The minimum Gasteiger partial charge on any atom is -0.376 e. The second-order valence-corrected chi connectivity index (χ2v) is 4.32. The van der Waals surface area contributed by atoms with Gasteiger partial charge in [-0.3, -0.25) is 0 Å². The van der Waals surface area contributed by atoms with Crippen LogP contribution in [0.25, 0.3) is 0 Å². The van der Waals surface area contributed by atoms with Gasteiger partial charge in [-0.25, -0.2) is 4.79 Å². The Morgan fingerprint density at radius 1 is 1.46 bits per heavy atom. The zero-order chi connectivity index (χ0) is 9.64. The van der Waals surface area contributed by atoms with Crippen LogP contribution in [0.1, 0.15) is 13.8 Å². The lowest BCUT2D eigenvalue weighted by molar-refractivity contribution is -0.114. The molecule has 0 aromatic rings.